The summed E-state index contributed by atoms with van der Waals surface area (Å²) in [6.45, 7) is 4.45. The number of benzene rings is 1. The van der Waals surface area contributed by atoms with Gasteiger partial charge in [0.05, 0.1) is 4.34 Å². The quantitative estimate of drug-likeness (QED) is 0.663. The molecule has 1 aromatic heterocycles. The predicted molar refractivity (Wildman–Crippen MR) is 89.6 cm³/mol. The Morgan fingerprint density at radius 1 is 1.15 bits per heavy atom. The maximum Gasteiger partial charge on any atom is 0.0931 e. The lowest BCUT2D eigenvalue weighted by Gasteiger charge is -2.23. The van der Waals surface area contributed by atoms with E-state index in [1.54, 1.807) is 11.3 Å². The lowest BCUT2D eigenvalue weighted by Crippen LogP contribution is -2.24. The molecular weight excluding hydrogens is 286 g/mol. The number of nitrogens with one attached hydrogen (secondary N) is 1. The second kappa shape index (κ2) is 7.82. The Hall–Kier alpha value is -0.830. The summed E-state index contributed by atoms with van der Waals surface area (Å²) in [5.41, 5.74) is 1.37. The van der Waals surface area contributed by atoms with Crippen molar-refractivity contribution < 1.29 is 0 Å². The molecule has 1 heterocycles. The zero-order valence-corrected chi connectivity index (χ0v) is 13.7. The molecule has 0 aliphatic carbocycles. The number of thiophene rings is 1. The first kappa shape index (κ1) is 15.6. The average molecular weight is 308 g/mol. The van der Waals surface area contributed by atoms with Crippen molar-refractivity contribution >= 4 is 22.9 Å². The van der Waals surface area contributed by atoms with E-state index in [1.807, 2.05) is 6.07 Å². The second-order valence-corrected chi connectivity index (χ2v) is 6.88. The van der Waals surface area contributed by atoms with Crippen LogP contribution < -0.4 is 5.32 Å². The van der Waals surface area contributed by atoms with Crippen molar-refractivity contribution in [3.05, 3.63) is 57.2 Å². The third-order valence-corrected chi connectivity index (χ3v) is 4.93. The van der Waals surface area contributed by atoms with E-state index in [4.69, 9.17) is 11.6 Å². The van der Waals surface area contributed by atoms with Gasteiger partial charge in [0.25, 0.3) is 0 Å². The van der Waals surface area contributed by atoms with E-state index in [0.29, 0.717) is 12.1 Å². The number of unbranched alkanes of at least 4 members (excludes halogenated alkanes) is 1. The molecule has 0 spiro atoms. The fourth-order valence-corrected chi connectivity index (χ4v) is 3.46. The molecule has 2 aromatic rings. The van der Waals surface area contributed by atoms with Crippen molar-refractivity contribution in [2.75, 3.05) is 0 Å². The van der Waals surface area contributed by atoms with Gasteiger partial charge in [0.2, 0.25) is 0 Å². The minimum absolute atomic E-state index is 0.328. The van der Waals surface area contributed by atoms with Crippen LogP contribution in [0.4, 0.5) is 0 Å². The maximum atomic E-state index is 6.03. The van der Waals surface area contributed by atoms with Crippen LogP contribution in [-0.4, -0.2) is 0 Å². The summed E-state index contributed by atoms with van der Waals surface area (Å²) in [5.74, 6) is 0. The summed E-state index contributed by atoms with van der Waals surface area (Å²) < 4.78 is 0.860. The van der Waals surface area contributed by atoms with Crippen molar-refractivity contribution in [2.24, 2.45) is 0 Å². The molecule has 2 unspecified atom stereocenters. The molecule has 3 heteroatoms. The lowest BCUT2D eigenvalue weighted by atomic mass is 10.00. The molecular formula is C17H22ClNS. The Kier molecular flexibility index (Phi) is 6.08. The number of hydrogen-bond acceptors (Lipinski definition) is 2. The standard InChI is InChI=1S/C17H22ClNS/c1-3-4-10-15(14-8-6-5-7-9-14)19-13(2)16-11-12-17(18)20-16/h5-9,11-13,15,19H,3-4,10H2,1-2H3. The van der Waals surface area contributed by atoms with Crippen molar-refractivity contribution in [3.8, 4) is 0 Å². The van der Waals surface area contributed by atoms with Gasteiger partial charge in [-0.25, -0.2) is 0 Å². The van der Waals surface area contributed by atoms with Crippen LogP contribution in [0, 0.1) is 0 Å². The molecule has 0 aliphatic rings. The van der Waals surface area contributed by atoms with Crippen molar-refractivity contribution in [3.63, 3.8) is 0 Å². The van der Waals surface area contributed by atoms with Gasteiger partial charge >= 0.3 is 0 Å². The second-order valence-electron chi connectivity index (χ2n) is 5.14. The number of hydrogen-bond donors (Lipinski definition) is 1. The largest absolute Gasteiger partial charge is 0.303 e. The smallest absolute Gasteiger partial charge is 0.0931 e. The van der Waals surface area contributed by atoms with Crippen LogP contribution in [0.15, 0.2) is 42.5 Å². The molecule has 0 fully saturated rings. The predicted octanol–water partition coefficient (Wildman–Crippen LogP) is 5.98. The van der Waals surface area contributed by atoms with E-state index >= 15 is 0 Å². The summed E-state index contributed by atoms with van der Waals surface area (Å²) in [6.07, 6.45) is 3.64. The minimum atomic E-state index is 0.328. The highest BCUT2D eigenvalue weighted by molar-refractivity contribution is 7.16. The summed E-state index contributed by atoms with van der Waals surface area (Å²) in [4.78, 5) is 1.30. The molecule has 0 saturated carbocycles. The van der Waals surface area contributed by atoms with Crippen LogP contribution in [0.25, 0.3) is 0 Å². The van der Waals surface area contributed by atoms with Crippen LogP contribution in [-0.2, 0) is 0 Å². The Bertz CT molecular complexity index is 509. The van der Waals surface area contributed by atoms with E-state index in [1.165, 1.54) is 29.7 Å². The summed E-state index contributed by atoms with van der Waals surface area (Å²) >= 11 is 7.69. The van der Waals surface area contributed by atoms with Gasteiger partial charge in [-0.2, -0.15) is 0 Å². The molecule has 1 N–H and O–H groups in total. The van der Waals surface area contributed by atoms with Gasteiger partial charge in [-0.3, -0.25) is 0 Å². The van der Waals surface area contributed by atoms with Gasteiger partial charge in [0.1, 0.15) is 0 Å². The van der Waals surface area contributed by atoms with Crippen LogP contribution >= 0.6 is 22.9 Å². The fourth-order valence-electron chi connectivity index (χ4n) is 2.38. The molecule has 1 nitrogen and oxygen atoms in total. The zero-order valence-electron chi connectivity index (χ0n) is 12.1. The van der Waals surface area contributed by atoms with Crippen molar-refractivity contribution in [2.45, 2.75) is 45.2 Å². The van der Waals surface area contributed by atoms with Crippen LogP contribution in [0.3, 0.4) is 0 Å². The first-order valence-corrected chi connectivity index (χ1v) is 8.46. The third kappa shape index (κ3) is 4.34. The van der Waals surface area contributed by atoms with E-state index in [2.05, 4.69) is 55.6 Å². The molecule has 0 amide bonds. The van der Waals surface area contributed by atoms with Gasteiger partial charge in [-0.15, -0.1) is 11.3 Å². The molecule has 2 rings (SSSR count). The summed E-state index contributed by atoms with van der Waals surface area (Å²) in [6, 6.07) is 15.5. The monoisotopic (exact) mass is 307 g/mol. The van der Waals surface area contributed by atoms with E-state index in [0.717, 1.165) is 4.34 Å². The maximum absolute atomic E-state index is 6.03. The van der Waals surface area contributed by atoms with Gasteiger partial charge < -0.3 is 5.32 Å². The van der Waals surface area contributed by atoms with E-state index in [9.17, 15) is 0 Å². The Morgan fingerprint density at radius 2 is 1.90 bits per heavy atom. The van der Waals surface area contributed by atoms with Crippen molar-refractivity contribution in [1.82, 2.24) is 5.32 Å². The fraction of sp³-hybridized carbons (Fsp3) is 0.412. The van der Waals surface area contributed by atoms with Gasteiger partial charge in [-0.05, 0) is 31.0 Å². The normalized spacial score (nSPS) is 14.2. The lowest BCUT2D eigenvalue weighted by molar-refractivity contribution is 0.435. The summed E-state index contributed by atoms with van der Waals surface area (Å²) in [5, 5.41) is 3.75. The molecule has 2 atom stereocenters. The number of rotatable bonds is 7. The number of halogens is 1. The molecule has 0 saturated heterocycles. The summed E-state index contributed by atoms with van der Waals surface area (Å²) in [7, 11) is 0. The van der Waals surface area contributed by atoms with Crippen LogP contribution in [0.2, 0.25) is 4.34 Å². The van der Waals surface area contributed by atoms with E-state index in [-0.39, 0.29) is 0 Å². The SMILES string of the molecule is CCCCC(NC(C)c1ccc(Cl)s1)c1ccccc1. The topological polar surface area (TPSA) is 12.0 Å². The van der Waals surface area contributed by atoms with Crippen LogP contribution in [0.5, 0.6) is 0 Å². The van der Waals surface area contributed by atoms with Crippen molar-refractivity contribution in [1.29, 1.82) is 0 Å². The molecule has 0 radical (unpaired) electrons. The highest BCUT2D eigenvalue weighted by Crippen LogP contribution is 2.29. The average Bonchev–Trinajstić information content (AvgIpc) is 2.91. The zero-order chi connectivity index (χ0) is 14.4. The van der Waals surface area contributed by atoms with Crippen LogP contribution in [0.1, 0.15) is 55.6 Å². The molecule has 0 aliphatic heterocycles. The molecule has 20 heavy (non-hydrogen) atoms. The first-order chi connectivity index (χ1) is 9.70. The highest BCUT2D eigenvalue weighted by atomic mass is 35.5. The van der Waals surface area contributed by atoms with E-state index < -0.39 is 0 Å². The Morgan fingerprint density at radius 3 is 2.50 bits per heavy atom. The Labute approximate surface area is 131 Å². The molecule has 0 bridgehead atoms. The van der Waals surface area contributed by atoms with Gasteiger partial charge in [0, 0.05) is 17.0 Å². The highest BCUT2D eigenvalue weighted by Gasteiger charge is 2.16. The van der Waals surface area contributed by atoms with Gasteiger partial charge in [0.15, 0.2) is 0 Å². The first-order valence-electron chi connectivity index (χ1n) is 7.27. The molecule has 1 aromatic carbocycles. The third-order valence-electron chi connectivity index (χ3n) is 3.52. The minimum Gasteiger partial charge on any atom is -0.303 e. The Balaban J connectivity index is 2.07. The van der Waals surface area contributed by atoms with Gasteiger partial charge in [-0.1, -0.05) is 61.7 Å². The molecule has 108 valence electrons.